The van der Waals surface area contributed by atoms with Gasteiger partial charge in [0.2, 0.25) is 0 Å². The lowest BCUT2D eigenvalue weighted by Gasteiger charge is -2.61. The molecule has 11 spiro atoms. The molecule has 0 radical (unpaired) electrons. The van der Waals surface area contributed by atoms with Crippen LogP contribution in [0.1, 0.15) is 524 Å². The molecule has 2 bridgehead atoms. The Morgan fingerprint density at radius 2 is 0.432 bits per heavy atom. The van der Waals surface area contributed by atoms with Crippen LogP contribution in [-0.4, -0.2) is 102 Å². The van der Waals surface area contributed by atoms with Crippen LogP contribution in [0.25, 0.3) is 0 Å². The summed E-state index contributed by atoms with van der Waals surface area (Å²) in [6.45, 7) is 53.6. The van der Waals surface area contributed by atoms with Gasteiger partial charge in [-0.05, 0) is 415 Å². The van der Waals surface area contributed by atoms with Gasteiger partial charge >= 0.3 is 0 Å². The summed E-state index contributed by atoms with van der Waals surface area (Å²) in [5.41, 5.74) is 9.13. The molecule has 7 atom stereocenters. The zero-order valence-corrected chi connectivity index (χ0v) is 86.8. The highest BCUT2D eigenvalue weighted by Gasteiger charge is 2.70. The van der Waals surface area contributed by atoms with Crippen molar-refractivity contribution in [1.29, 1.82) is 0 Å². The van der Waals surface area contributed by atoms with Crippen LogP contribution >= 0.6 is 0 Å². The van der Waals surface area contributed by atoms with Gasteiger partial charge in [-0.1, -0.05) is 224 Å². The van der Waals surface area contributed by atoms with Gasteiger partial charge in [0.1, 0.15) is 0 Å². The molecule has 125 heavy (non-hydrogen) atoms. The molecule has 0 saturated heterocycles. The molecule has 0 amide bonds. The fourth-order valence-electron chi connectivity index (χ4n) is 37.1. The van der Waals surface area contributed by atoms with Gasteiger partial charge in [-0.3, -0.25) is 0 Å². The van der Waals surface area contributed by atoms with Crippen LogP contribution in [0.3, 0.4) is 0 Å². The van der Waals surface area contributed by atoms with Gasteiger partial charge in [-0.2, -0.15) is 0 Å². The average Bonchev–Trinajstić information content (AvgIpc) is 1.69. The lowest BCUT2D eigenvalue weighted by molar-refractivity contribution is -0.188. The minimum absolute atomic E-state index is 0.325. The summed E-state index contributed by atoms with van der Waals surface area (Å²) in [7, 11) is 0. The minimum Gasteiger partial charge on any atom is -0.378 e. The number of fused-ring (bicyclic) bond motifs is 4. The summed E-state index contributed by atoms with van der Waals surface area (Å²) in [5.74, 6) is 3.60. The third kappa shape index (κ3) is 19.6. The Balaban J connectivity index is 0.000000116. The summed E-state index contributed by atoms with van der Waals surface area (Å²) in [4.78, 5) is 0. The van der Waals surface area contributed by atoms with Crippen LogP contribution in [0, 0.1) is 116 Å². The largest absolute Gasteiger partial charge is 0.378 e. The average molecular weight is 1740 g/mol. The molecular weight excluding hydrogens is 1530 g/mol. The maximum atomic E-state index is 6.39. The van der Waals surface area contributed by atoms with E-state index in [9.17, 15) is 0 Å². The number of hydrogen-bond donors (Lipinski definition) is 0. The molecule has 21 saturated carbocycles. The minimum atomic E-state index is 0.325. The SMILES string of the molecule is CCOC1C(C)(C)C2CCCC2C1(C)C.CCOC1C(C)(C)CCC12CCCCC2.CCOC1C(C)(C)CCC2(CCCCC2)C1(C)C.CCOC1C2(CC2)CCC12CC2.CCOC1C2(CCC2)CCC12CCC2.CCOC1C2(CCCC2)CCC12CCCC2.CCOC1C2(CCCCC2)CCC12CCCCC2.CCOC1C2CC(CC23CCCCC3)C1(C)C. The smallest absolute Gasteiger partial charge is 0.0687 e. The predicted molar refractivity (Wildman–Crippen MR) is 524 cm³/mol. The second-order valence-corrected chi connectivity index (χ2v) is 52.6. The van der Waals surface area contributed by atoms with E-state index in [1.165, 1.54) is 385 Å². The molecular formula is C117H208O8. The number of hydrogen-bond acceptors (Lipinski definition) is 8. The molecule has 8 heteroatoms. The van der Waals surface area contributed by atoms with Gasteiger partial charge in [0, 0.05) is 52.9 Å². The van der Waals surface area contributed by atoms with E-state index in [0.717, 1.165) is 76.5 Å². The van der Waals surface area contributed by atoms with Crippen molar-refractivity contribution in [2.45, 2.75) is 573 Å². The lowest BCUT2D eigenvalue weighted by Crippen LogP contribution is -2.57. The topological polar surface area (TPSA) is 73.8 Å². The van der Waals surface area contributed by atoms with Crippen molar-refractivity contribution in [3.8, 4) is 0 Å². The third-order valence-electron chi connectivity index (χ3n) is 43.9. The van der Waals surface area contributed by atoms with Crippen LogP contribution in [0.15, 0.2) is 0 Å². The molecule has 0 aliphatic heterocycles. The Bertz CT molecular complexity index is 3130. The zero-order chi connectivity index (χ0) is 89.2. The van der Waals surface area contributed by atoms with Crippen LogP contribution in [-0.2, 0) is 37.9 Å². The first-order chi connectivity index (χ1) is 59.7. The van der Waals surface area contributed by atoms with Crippen molar-refractivity contribution in [2.24, 2.45) is 116 Å². The Morgan fingerprint density at radius 1 is 0.192 bits per heavy atom. The lowest BCUT2D eigenvalue weighted by atomic mass is 9.47. The van der Waals surface area contributed by atoms with Crippen molar-refractivity contribution in [1.82, 2.24) is 0 Å². The maximum Gasteiger partial charge on any atom is 0.0687 e. The molecule has 21 aliphatic rings. The molecule has 0 heterocycles. The molecule has 7 unspecified atom stereocenters. The van der Waals surface area contributed by atoms with Crippen molar-refractivity contribution >= 4 is 0 Å². The van der Waals surface area contributed by atoms with Crippen molar-refractivity contribution in [3.63, 3.8) is 0 Å². The fraction of sp³-hybridized carbons (Fsp3) is 1.00. The second kappa shape index (κ2) is 40.8. The summed E-state index contributed by atoms with van der Waals surface area (Å²) in [5, 5.41) is 0. The first kappa shape index (κ1) is 101. The van der Waals surface area contributed by atoms with E-state index in [-0.39, 0.29) is 0 Å². The number of ether oxygens (including phenoxy) is 8. The van der Waals surface area contributed by atoms with Crippen molar-refractivity contribution in [3.05, 3.63) is 0 Å². The van der Waals surface area contributed by atoms with Gasteiger partial charge in [0.05, 0.1) is 48.8 Å². The molecule has 8 nitrogen and oxygen atoms in total. The van der Waals surface area contributed by atoms with Crippen LogP contribution in [0.4, 0.5) is 0 Å². The normalized spacial score (nSPS) is 35.2. The van der Waals surface area contributed by atoms with E-state index in [2.05, 4.69) is 138 Å². The first-order valence-electron chi connectivity index (χ1n) is 56.7. The van der Waals surface area contributed by atoms with Crippen LogP contribution in [0.2, 0.25) is 0 Å². The molecule has 724 valence electrons. The molecule has 21 aliphatic carbocycles. The Labute approximate surface area is 774 Å². The highest BCUT2D eigenvalue weighted by Crippen LogP contribution is 2.75. The predicted octanol–water partition coefficient (Wildman–Crippen LogP) is 33.3. The maximum absolute atomic E-state index is 6.39. The van der Waals surface area contributed by atoms with Crippen molar-refractivity contribution in [2.75, 3.05) is 52.9 Å². The highest BCUT2D eigenvalue weighted by atomic mass is 16.5. The van der Waals surface area contributed by atoms with Gasteiger partial charge in [0.25, 0.3) is 0 Å². The Morgan fingerprint density at radius 3 is 0.736 bits per heavy atom. The molecule has 0 aromatic carbocycles. The first-order valence-corrected chi connectivity index (χ1v) is 56.7. The third-order valence-corrected chi connectivity index (χ3v) is 43.9. The molecule has 0 aromatic rings. The monoisotopic (exact) mass is 1740 g/mol. The summed E-state index contributed by atoms with van der Waals surface area (Å²) < 4.78 is 49.3. The quantitative estimate of drug-likeness (QED) is 0.151. The van der Waals surface area contributed by atoms with E-state index < -0.39 is 0 Å². The fourth-order valence-corrected chi connectivity index (χ4v) is 37.1. The summed E-state index contributed by atoms with van der Waals surface area (Å²) >= 11 is 0. The standard InChI is InChI=1S/C17H30O.C17H32O.C16H28O.C15H26O.2C14H26O.C13H22O.C11H18O/c1-2-18-15-16(9-5-3-6-10-16)13-14-17(15)11-7-4-8-12-17;1-6-18-14-15(2,3)12-13-17(16(14,4)5)10-8-7-9-11-17;1-4-17-14-13-10-12(15(14,2)3)11-16(13)8-6-5-7-9-16;1-2-16-13-14(7-3-4-8-14)11-12-15(13)9-5-6-10-15;1-6-15-12-13(2,3)10-8-7-9-11(10)14(12,4)5;1-4-15-12-13(2,3)10-11-14(12)8-6-5-7-9-14;1-2-14-11-12(5-3-6-12)9-10-13(11)7-4-8-13;1-2-12-9-10(3-4-10)7-8-11(9)5-6-11/h15H,2-14H2,1H3;14H,6-13H2,1-5H3;12-14H,4-11H2,1-3H3;13H,2-12H2,1H3;10-12H,6-9H2,1-5H3;12H,4-11H2,1-3H3;11H,2-10H2,1H3;9H,2-8H2,1H3. The number of rotatable bonds is 16. The van der Waals surface area contributed by atoms with Gasteiger partial charge in [-0.15, -0.1) is 0 Å². The van der Waals surface area contributed by atoms with E-state index in [0.29, 0.717) is 141 Å². The van der Waals surface area contributed by atoms with Gasteiger partial charge < -0.3 is 37.9 Å². The molecule has 21 fully saturated rings. The summed E-state index contributed by atoms with van der Waals surface area (Å²) in [6.07, 6.45) is 91.5. The Hall–Kier alpha value is -0.320. The zero-order valence-electron chi connectivity index (χ0n) is 86.8. The molecule has 0 N–H and O–H groups in total. The van der Waals surface area contributed by atoms with Crippen molar-refractivity contribution < 1.29 is 37.9 Å². The van der Waals surface area contributed by atoms with Crippen LogP contribution in [0.5, 0.6) is 0 Å². The van der Waals surface area contributed by atoms with E-state index in [1.807, 2.05) is 0 Å². The van der Waals surface area contributed by atoms with Gasteiger partial charge in [-0.25, -0.2) is 0 Å². The summed E-state index contributed by atoms with van der Waals surface area (Å²) in [6, 6.07) is 0. The molecule has 0 aromatic heterocycles. The highest BCUT2D eigenvalue weighted by molar-refractivity contribution is 5.20. The van der Waals surface area contributed by atoms with Crippen LogP contribution < -0.4 is 0 Å². The van der Waals surface area contributed by atoms with E-state index in [4.69, 9.17) is 37.9 Å². The van der Waals surface area contributed by atoms with E-state index >= 15 is 0 Å². The molecule has 21 rings (SSSR count). The van der Waals surface area contributed by atoms with E-state index in [1.54, 1.807) is 0 Å². The second-order valence-electron chi connectivity index (χ2n) is 52.6. The van der Waals surface area contributed by atoms with Gasteiger partial charge in [0.15, 0.2) is 0 Å². The Kier molecular flexibility index (Phi) is 32.8.